The lowest BCUT2D eigenvalue weighted by Crippen LogP contribution is -2.65. The third-order valence-electron chi connectivity index (χ3n) is 3.30. The number of nitrogens with zero attached hydrogens (tertiary/aromatic N) is 2. The van der Waals surface area contributed by atoms with Crippen molar-refractivity contribution in [3.63, 3.8) is 0 Å². The van der Waals surface area contributed by atoms with Gasteiger partial charge < -0.3 is 5.32 Å². The van der Waals surface area contributed by atoms with Gasteiger partial charge in [-0.05, 0) is 19.9 Å². The number of nitriles is 1. The highest BCUT2D eigenvalue weighted by atomic mass is 15.3. The van der Waals surface area contributed by atoms with Gasteiger partial charge in [-0.25, -0.2) is 0 Å². The summed E-state index contributed by atoms with van der Waals surface area (Å²) >= 11 is 0. The van der Waals surface area contributed by atoms with Gasteiger partial charge >= 0.3 is 0 Å². The SMILES string of the molecule is CNC1CN([C@@](C)(C#N)C(C)C)C1. The highest BCUT2D eigenvalue weighted by molar-refractivity contribution is 5.11. The number of hydrogen-bond acceptors (Lipinski definition) is 3. The van der Waals surface area contributed by atoms with E-state index in [2.05, 4.69) is 30.1 Å². The molecule has 0 aromatic rings. The largest absolute Gasteiger partial charge is 0.315 e. The minimum Gasteiger partial charge on any atom is -0.315 e. The third kappa shape index (κ3) is 1.70. The molecular weight excluding hydrogens is 162 g/mol. The summed E-state index contributed by atoms with van der Waals surface area (Å²) in [5.41, 5.74) is -0.284. The summed E-state index contributed by atoms with van der Waals surface area (Å²) in [5.74, 6) is 0.385. The third-order valence-corrected chi connectivity index (χ3v) is 3.30. The Balaban J connectivity index is 2.57. The molecule has 1 aliphatic heterocycles. The summed E-state index contributed by atoms with van der Waals surface area (Å²) in [5, 5.41) is 12.4. The molecule has 0 aliphatic carbocycles. The molecule has 0 aromatic heterocycles. The van der Waals surface area contributed by atoms with Crippen LogP contribution in [0, 0.1) is 17.2 Å². The van der Waals surface area contributed by atoms with Crippen LogP contribution in [0.25, 0.3) is 0 Å². The average molecular weight is 181 g/mol. The summed E-state index contributed by atoms with van der Waals surface area (Å²) in [7, 11) is 1.97. The fourth-order valence-corrected chi connectivity index (χ4v) is 1.61. The quantitative estimate of drug-likeness (QED) is 0.701. The van der Waals surface area contributed by atoms with Gasteiger partial charge in [0, 0.05) is 19.1 Å². The van der Waals surface area contributed by atoms with Gasteiger partial charge in [-0.2, -0.15) is 5.26 Å². The molecule has 0 aromatic carbocycles. The van der Waals surface area contributed by atoms with Gasteiger partial charge in [-0.1, -0.05) is 13.8 Å². The first-order chi connectivity index (χ1) is 6.04. The fraction of sp³-hybridized carbons (Fsp3) is 0.900. The highest BCUT2D eigenvalue weighted by Crippen LogP contribution is 2.28. The molecule has 1 rings (SSSR count). The van der Waals surface area contributed by atoms with Crippen LogP contribution in [-0.2, 0) is 0 Å². The molecule has 1 heterocycles. The van der Waals surface area contributed by atoms with Gasteiger partial charge in [0.1, 0.15) is 5.54 Å². The van der Waals surface area contributed by atoms with Crippen LogP contribution in [0.3, 0.4) is 0 Å². The van der Waals surface area contributed by atoms with Crippen molar-refractivity contribution in [3.05, 3.63) is 0 Å². The van der Waals surface area contributed by atoms with Crippen molar-refractivity contribution < 1.29 is 0 Å². The Kier molecular flexibility index (Phi) is 2.94. The molecule has 1 atom stereocenters. The maximum absolute atomic E-state index is 9.14. The first kappa shape index (κ1) is 10.5. The zero-order valence-electron chi connectivity index (χ0n) is 8.96. The van der Waals surface area contributed by atoms with E-state index in [0.29, 0.717) is 12.0 Å². The molecule has 3 heteroatoms. The van der Waals surface area contributed by atoms with E-state index in [4.69, 9.17) is 5.26 Å². The monoisotopic (exact) mass is 181 g/mol. The van der Waals surface area contributed by atoms with Gasteiger partial charge in [-0.15, -0.1) is 0 Å². The summed E-state index contributed by atoms with van der Waals surface area (Å²) < 4.78 is 0. The van der Waals surface area contributed by atoms with Crippen molar-refractivity contribution in [1.29, 1.82) is 5.26 Å². The Morgan fingerprint density at radius 3 is 2.38 bits per heavy atom. The van der Waals surface area contributed by atoms with E-state index < -0.39 is 0 Å². The second-order valence-electron chi connectivity index (χ2n) is 4.30. The number of rotatable bonds is 3. The zero-order valence-corrected chi connectivity index (χ0v) is 8.96. The van der Waals surface area contributed by atoms with E-state index in [-0.39, 0.29) is 5.54 Å². The topological polar surface area (TPSA) is 39.1 Å². The molecule has 0 saturated carbocycles. The molecule has 13 heavy (non-hydrogen) atoms. The van der Waals surface area contributed by atoms with Crippen LogP contribution < -0.4 is 5.32 Å². The molecule has 1 saturated heterocycles. The summed E-state index contributed by atoms with van der Waals surface area (Å²) in [6.07, 6.45) is 0. The smallest absolute Gasteiger partial charge is 0.108 e. The number of likely N-dealkylation sites (N-methyl/N-ethyl adjacent to an activating group) is 1. The van der Waals surface area contributed by atoms with E-state index in [9.17, 15) is 0 Å². The molecule has 1 fully saturated rings. The lowest BCUT2D eigenvalue weighted by atomic mass is 9.85. The minimum atomic E-state index is -0.284. The minimum absolute atomic E-state index is 0.284. The Bertz CT molecular complexity index is 213. The highest BCUT2D eigenvalue weighted by Gasteiger charge is 2.42. The first-order valence-corrected chi connectivity index (χ1v) is 4.88. The second-order valence-corrected chi connectivity index (χ2v) is 4.30. The number of nitrogens with one attached hydrogen (secondary N) is 1. The maximum atomic E-state index is 9.14. The lowest BCUT2D eigenvalue weighted by molar-refractivity contribution is 0.0223. The molecule has 3 nitrogen and oxygen atoms in total. The molecule has 1 N–H and O–H groups in total. The van der Waals surface area contributed by atoms with Crippen molar-refractivity contribution in [1.82, 2.24) is 10.2 Å². The predicted octanol–water partition coefficient (Wildman–Crippen LogP) is 0.828. The summed E-state index contributed by atoms with van der Waals surface area (Å²) in [6.45, 7) is 8.24. The van der Waals surface area contributed by atoms with E-state index in [1.165, 1.54) is 0 Å². The average Bonchev–Trinajstić information content (AvgIpc) is 2.01. The van der Waals surface area contributed by atoms with Crippen molar-refractivity contribution in [3.8, 4) is 6.07 Å². The van der Waals surface area contributed by atoms with E-state index in [1.807, 2.05) is 14.0 Å². The van der Waals surface area contributed by atoms with Crippen LogP contribution in [0.4, 0.5) is 0 Å². The predicted molar refractivity (Wildman–Crippen MR) is 53.3 cm³/mol. The Hall–Kier alpha value is -0.590. The van der Waals surface area contributed by atoms with Crippen LogP contribution in [0.15, 0.2) is 0 Å². The Morgan fingerprint density at radius 1 is 1.54 bits per heavy atom. The molecular formula is C10H19N3. The van der Waals surface area contributed by atoms with Crippen LogP contribution in [0.1, 0.15) is 20.8 Å². The van der Waals surface area contributed by atoms with Crippen LogP contribution in [0.2, 0.25) is 0 Å². The molecule has 0 spiro atoms. The van der Waals surface area contributed by atoms with Crippen molar-refractivity contribution in [2.75, 3.05) is 20.1 Å². The van der Waals surface area contributed by atoms with E-state index in [0.717, 1.165) is 13.1 Å². The summed E-state index contributed by atoms with van der Waals surface area (Å²) in [6, 6.07) is 3.00. The zero-order chi connectivity index (χ0) is 10.1. The van der Waals surface area contributed by atoms with Gasteiger partial charge in [0.05, 0.1) is 6.07 Å². The van der Waals surface area contributed by atoms with E-state index >= 15 is 0 Å². The van der Waals surface area contributed by atoms with Crippen molar-refractivity contribution in [2.45, 2.75) is 32.4 Å². The summed E-state index contributed by atoms with van der Waals surface area (Å²) in [4.78, 5) is 2.25. The Labute approximate surface area is 80.7 Å². The standard InChI is InChI=1S/C10H19N3/c1-8(2)10(3,7-11)13-5-9(6-13)12-4/h8-9,12H,5-6H2,1-4H3/t10-/m0/s1. The van der Waals surface area contributed by atoms with Crippen LogP contribution >= 0.6 is 0 Å². The van der Waals surface area contributed by atoms with Gasteiger partial charge in [0.15, 0.2) is 0 Å². The van der Waals surface area contributed by atoms with Gasteiger partial charge in [-0.3, -0.25) is 4.90 Å². The van der Waals surface area contributed by atoms with Gasteiger partial charge in [0.25, 0.3) is 0 Å². The van der Waals surface area contributed by atoms with Gasteiger partial charge in [0.2, 0.25) is 0 Å². The van der Waals surface area contributed by atoms with Crippen LogP contribution in [-0.4, -0.2) is 36.6 Å². The lowest BCUT2D eigenvalue weighted by Gasteiger charge is -2.49. The molecule has 0 bridgehead atoms. The fourth-order valence-electron chi connectivity index (χ4n) is 1.61. The molecule has 0 radical (unpaired) electrons. The van der Waals surface area contributed by atoms with Crippen LogP contribution in [0.5, 0.6) is 0 Å². The Morgan fingerprint density at radius 2 is 2.08 bits per heavy atom. The molecule has 0 unspecified atom stereocenters. The molecule has 0 amide bonds. The molecule has 74 valence electrons. The van der Waals surface area contributed by atoms with Crippen molar-refractivity contribution in [2.24, 2.45) is 5.92 Å². The maximum Gasteiger partial charge on any atom is 0.108 e. The molecule has 1 aliphatic rings. The number of likely N-dealkylation sites (tertiary alicyclic amines) is 1. The first-order valence-electron chi connectivity index (χ1n) is 4.88. The number of hydrogen-bond donors (Lipinski definition) is 1. The van der Waals surface area contributed by atoms with E-state index in [1.54, 1.807) is 0 Å². The normalized spacial score (nSPS) is 23.7. The van der Waals surface area contributed by atoms with Crippen molar-refractivity contribution >= 4 is 0 Å². The second kappa shape index (κ2) is 3.65.